The van der Waals surface area contributed by atoms with Gasteiger partial charge in [0.15, 0.2) is 5.82 Å². The molecule has 2 aromatic rings. The Kier molecular flexibility index (Phi) is 4.05. The van der Waals surface area contributed by atoms with Crippen molar-refractivity contribution in [2.45, 2.75) is 39.0 Å². The Labute approximate surface area is 128 Å². The second kappa shape index (κ2) is 5.97. The molecule has 0 spiro atoms. The third kappa shape index (κ3) is 3.00. The molecule has 0 unspecified atom stereocenters. The number of hydrogen-bond acceptors (Lipinski definition) is 5. The highest BCUT2D eigenvalue weighted by molar-refractivity contribution is 7.13. The first-order chi connectivity index (χ1) is 10.2. The maximum absolute atomic E-state index is 12.5. The largest absolute Gasteiger partial charge is 0.339 e. The molecule has 3 rings (SSSR count). The second-order valence-electron chi connectivity index (χ2n) is 5.40. The van der Waals surface area contributed by atoms with Crippen molar-refractivity contribution in [3.05, 3.63) is 33.6 Å². The van der Waals surface area contributed by atoms with Gasteiger partial charge in [0, 0.05) is 30.3 Å². The van der Waals surface area contributed by atoms with Gasteiger partial charge in [0.25, 0.3) is 5.91 Å². The van der Waals surface area contributed by atoms with Gasteiger partial charge in [-0.3, -0.25) is 4.79 Å². The third-order valence-electron chi connectivity index (χ3n) is 3.81. The number of rotatable bonds is 3. The van der Waals surface area contributed by atoms with E-state index in [9.17, 15) is 4.79 Å². The van der Waals surface area contributed by atoms with Crippen LogP contribution in [0, 0.1) is 6.92 Å². The van der Waals surface area contributed by atoms with Crippen molar-refractivity contribution in [2.24, 2.45) is 0 Å². The molecule has 112 valence electrons. The lowest BCUT2D eigenvalue weighted by Gasteiger charge is -2.30. The van der Waals surface area contributed by atoms with Crippen LogP contribution in [0.15, 0.2) is 16.7 Å². The minimum absolute atomic E-state index is 0.122. The molecule has 0 N–H and O–H groups in total. The Morgan fingerprint density at radius 3 is 3.05 bits per heavy atom. The molecule has 1 saturated heterocycles. The average Bonchev–Trinajstić information content (AvgIpc) is 3.15. The van der Waals surface area contributed by atoms with Crippen LogP contribution in [0.5, 0.6) is 0 Å². The molecular formula is C15H19N3O2S. The van der Waals surface area contributed by atoms with Crippen LogP contribution in [0.25, 0.3) is 0 Å². The lowest BCUT2D eigenvalue weighted by Crippen LogP contribution is -2.39. The van der Waals surface area contributed by atoms with Gasteiger partial charge in [-0.1, -0.05) is 12.1 Å². The van der Waals surface area contributed by atoms with E-state index in [1.54, 1.807) is 11.3 Å². The highest BCUT2D eigenvalue weighted by Crippen LogP contribution is 2.27. The van der Waals surface area contributed by atoms with E-state index >= 15 is 0 Å². The summed E-state index contributed by atoms with van der Waals surface area (Å²) >= 11 is 1.55. The van der Waals surface area contributed by atoms with E-state index < -0.39 is 0 Å². The number of aromatic nitrogens is 2. The van der Waals surface area contributed by atoms with Gasteiger partial charge in [0.05, 0.1) is 4.88 Å². The van der Waals surface area contributed by atoms with Gasteiger partial charge in [-0.05, 0) is 31.9 Å². The Morgan fingerprint density at radius 2 is 2.38 bits per heavy atom. The van der Waals surface area contributed by atoms with Crippen molar-refractivity contribution < 1.29 is 9.32 Å². The number of aryl methyl sites for hydroxylation is 2. The number of piperidine rings is 1. The summed E-state index contributed by atoms with van der Waals surface area (Å²) in [6, 6.07) is 3.90. The number of likely N-dealkylation sites (tertiary alicyclic amines) is 1. The summed E-state index contributed by atoms with van der Waals surface area (Å²) in [5.41, 5.74) is 0. The Bertz CT molecular complexity index is 634. The van der Waals surface area contributed by atoms with E-state index in [0.717, 1.165) is 41.4 Å². The van der Waals surface area contributed by atoms with Crippen LogP contribution in [-0.2, 0) is 6.42 Å². The summed E-state index contributed by atoms with van der Waals surface area (Å²) in [7, 11) is 0. The molecule has 3 heterocycles. The van der Waals surface area contributed by atoms with Crippen molar-refractivity contribution >= 4 is 17.2 Å². The molecule has 1 amide bonds. The molecule has 1 aliphatic rings. The molecule has 1 atom stereocenters. The van der Waals surface area contributed by atoms with Crippen LogP contribution in [0.4, 0.5) is 0 Å². The SMILES string of the molecule is CCc1nc([C@@H]2CCCN(C(=O)c3ccc(C)s3)C2)no1. The Balaban J connectivity index is 1.72. The fourth-order valence-electron chi connectivity index (χ4n) is 2.66. The van der Waals surface area contributed by atoms with E-state index in [1.165, 1.54) is 0 Å². The minimum atomic E-state index is 0.122. The van der Waals surface area contributed by atoms with Gasteiger partial charge in [-0.15, -0.1) is 11.3 Å². The third-order valence-corrected chi connectivity index (χ3v) is 4.80. The number of nitrogens with zero attached hydrogens (tertiary/aromatic N) is 3. The normalized spacial score (nSPS) is 19.0. The maximum Gasteiger partial charge on any atom is 0.263 e. The summed E-state index contributed by atoms with van der Waals surface area (Å²) < 4.78 is 5.19. The van der Waals surface area contributed by atoms with Crippen molar-refractivity contribution in [3.63, 3.8) is 0 Å². The highest BCUT2D eigenvalue weighted by Gasteiger charge is 2.28. The molecule has 6 heteroatoms. The summed E-state index contributed by atoms with van der Waals surface area (Å²) in [5.74, 6) is 1.72. The molecule has 21 heavy (non-hydrogen) atoms. The zero-order chi connectivity index (χ0) is 14.8. The lowest BCUT2D eigenvalue weighted by atomic mass is 9.97. The van der Waals surface area contributed by atoms with E-state index in [-0.39, 0.29) is 11.8 Å². The van der Waals surface area contributed by atoms with Crippen LogP contribution in [0.3, 0.4) is 0 Å². The predicted octanol–water partition coefficient (Wildman–Crippen LogP) is 3.02. The van der Waals surface area contributed by atoms with Crippen LogP contribution in [0.2, 0.25) is 0 Å². The van der Waals surface area contributed by atoms with Crippen molar-refractivity contribution in [3.8, 4) is 0 Å². The molecular weight excluding hydrogens is 286 g/mol. The first-order valence-electron chi connectivity index (χ1n) is 7.35. The highest BCUT2D eigenvalue weighted by atomic mass is 32.1. The van der Waals surface area contributed by atoms with E-state index in [2.05, 4.69) is 10.1 Å². The van der Waals surface area contributed by atoms with Gasteiger partial charge in [-0.2, -0.15) is 4.98 Å². The standard InChI is InChI=1S/C15H19N3O2S/c1-3-13-16-14(17-20-13)11-5-4-8-18(9-11)15(19)12-7-6-10(2)21-12/h6-7,11H,3-5,8-9H2,1-2H3/t11-/m1/s1. The predicted molar refractivity (Wildman–Crippen MR) is 80.6 cm³/mol. The number of carbonyl (C=O) groups excluding carboxylic acids is 1. The number of thiophene rings is 1. The number of amides is 1. The summed E-state index contributed by atoms with van der Waals surface area (Å²) in [5, 5.41) is 4.06. The second-order valence-corrected chi connectivity index (χ2v) is 6.69. The molecule has 0 saturated carbocycles. The molecule has 0 bridgehead atoms. The zero-order valence-electron chi connectivity index (χ0n) is 12.3. The zero-order valence-corrected chi connectivity index (χ0v) is 13.2. The fourth-order valence-corrected chi connectivity index (χ4v) is 3.49. The van der Waals surface area contributed by atoms with E-state index in [4.69, 9.17) is 4.52 Å². The Morgan fingerprint density at radius 1 is 1.52 bits per heavy atom. The summed E-state index contributed by atoms with van der Waals surface area (Å²) in [4.78, 5) is 20.8. The monoisotopic (exact) mass is 305 g/mol. The van der Waals surface area contributed by atoms with E-state index in [0.29, 0.717) is 12.4 Å². The first kappa shape index (κ1) is 14.3. The van der Waals surface area contributed by atoms with Crippen molar-refractivity contribution in [1.29, 1.82) is 0 Å². The molecule has 0 aromatic carbocycles. The van der Waals surface area contributed by atoms with Gasteiger partial charge < -0.3 is 9.42 Å². The minimum Gasteiger partial charge on any atom is -0.339 e. The molecule has 5 nitrogen and oxygen atoms in total. The summed E-state index contributed by atoms with van der Waals surface area (Å²) in [6.45, 7) is 5.50. The quantitative estimate of drug-likeness (QED) is 0.874. The molecule has 1 aliphatic heterocycles. The topological polar surface area (TPSA) is 59.2 Å². The van der Waals surface area contributed by atoms with Crippen LogP contribution in [0.1, 0.15) is 51.9 Å². The van der Waals surface area contributed by atoms with Crippen LogP contribution >= 0.6 is 11.3 Å². The molecule has 1 fully saturated rings. The van der Waals surface area contributed by atoms with E-state index in [1.807, 2.05) is 30.9 Å². The average molecular weight is 305 g/mol. The molecule has 0 aliphatic carbocycles. The Hall–Kier alpha value is -1.69. The van der Waals surface area contributed by atoms with Gasteiger partial charge in [-0.25, -0.2) is 0 Å². The smallest absolute Gasteiger partial charge is 0.263 e. The van der Waals surface area contributed by atoms with Crippen LogP contribution < -0.4 is 0 Å². The fraction of sp³-hybridized carbons (Fsp3) is 0.533. The van der Waals surface area contributed by atoms with Gasteiger partial charge in [0.1, 0.15) is 0 Å². The molecule has 0 radical (unpaired) electrons. The summed E-state index contributed by atoms with van der Waals surface area (Å²) in [6.07, 6.45) is 2.74. The lowest BCUT2D eigenvalue weighted by molar-refractivity contribution is 0.0708. The maximum atomic E-state index is 12.5. The van der Waals surface area contributed by atoms with Gasteiger partial charge >= 0.3 is 0 Å². The molecule has 2 aromatic heterocycles. The van der Waals surface area contributed by atoms with Crippen molar-refractivity contribution in [1.82, 2.24) is 15.0 Å². The van der Waals surface area contributed by atoms with Crippen molar-refractivity contribution in [2.75, 3.05) is 13.1 Å². The van der Waals surface area contributed by atoms with Crippen LogP contribution in [-0.4, -0.2) is 34.0 Å². The number of hydrogen-bond donors (Lipinski definition) is 0. The van der Waals surface area contributed by atoms with Gasteiger partial charge in [0.2, 0.25) is 5.89 Å². The number of carbonyl (C=O) groups is 1. The first-order valence-corrected chi connectivity index (χ1v) is 8.17.